The molecule has 0 saturated heterocycles. The first kappa shape index (κ1) is 23.6. The molecular weight excluding hydrogens is 416 g/mol. The van der Waals surface area contributed by atoms with E-state index in [1.165, 1.54) is 50.0 Å². The Hall–Kier alpha value is -3.59. The number of hydrogen-bond donors (Lipinski definition) is 0. The zero-order chi connectivity index (χ0) is 24.4. The normalized spacial score (nSPS) is 12.8. The lowest BCUT2D eigenvalue weighted by molar-refractivity contribution is 0.304. The molecule has 174 valence electrons. The van der Waals surface area contributed by atoms with E-state index in [0.29, 0.717) is 0 Å². The summed E-state index contributed by atoms with van der Waals surface area (Å²) in [5.74, 6) is 1.71. The fourth-order valence-corrected chi connectivity index (χ4v) is 4.87. The average molecular weight is 451 g/mol. The fraction of sp³-hybridized carbons (Fsp3) is 0.258. The third kappa shape index (κ3) is 4.19. The van der Waals surface area contributed by atoms with Gasteiger partial charge in [-0.05, 0) is 55.2 Å². The van der Waals surface area contributed by atoms with Crippen LogP contribution in [-0.2, 0) is 24.6 Å². The molecule has 0 bridgehead atoms. The molecule has 3 heteroatoms. The molecule has 4 aromatic rings. The average Bonchev–Trinajstić information content (AvgIpc) is 3.46. The number of aromatic nitrogens is 2. The Morgan fingerprint density at radius 3 is 2.44 bits per heavy atom. The van der Waals surface area contributed by atoms with Gasteiger partial charge in [-0.15, -0.1) is 0 Å². The van der Waals surface area contributed by atoms with Crippen LogP contribution < -0.4 is 0 Å². The van der Waals surface area contributed by atoms with Gasteiger partial charge < -0.3 is 9.30 Å². The highest BCUT2D eigenvalue weighted by Crippen LogP contribution is 2.42. The number of rotatable bonds is 2. The van der Waals surface area contributed by atoms with Gasteiger partial charge in [-0.1, -0.05) is 62.9 Å². The van der Waals surface area contributed by atoms with Crippen LogP contribution in [-0.4, -0.2) is 9.55 Å². The van der Waals surface area contributed by atoms with E-state index in [1.807, 2.05) is 27.0 Å². The summed E-state index contributed by atoms with van der Waals surface area (Å²) in [7, 11) is 2.17. The molecule has 0 atom stereocenters. The van der Waals surface area contributed by atoms with Gasteiger partial charge >= 0.3 is 0 Å². The second-order valence-electron chi connectivity index (χ2n) is 8.77. The monoisotopic (exact) mass is 450 g/mol. The van der Waals surface area contributed by atoms with Crippen LogP contribution in [0, 0.1) is 6.92 Å². The summed E-state index contributed by atoms with van der Waals surface area (Å²) < 4.78 is 7.93. The van der Waals surface area contributed by atoms with Crippen LogP contribution in [0.2, 0.25) is 0 Å². The highest BCUT2D eigenvalue weighted by molar-refractivity contribution is 6.01. The first-order chi connectivity index (χ1) is 16.4. The van der Waals surface area contributed by atoms with E-state index < -0.39 is 0 Å². The lowest BCUT2D eigenvalue weighted by Gasteiger charge is -2.05. The summed E-state index contributed by atoms with van der Waals surface area (Å²) >= 11 is 0. The van der Waals surface area contributed by atoms with Gasteiger partial charge in [0.1, 0.15) is 5.76 Å². The minimum atomic E-state index is 0.730. The number of allylic oxidation sites excluding steroid dienone is 3. The highest BCUT2D eigenvalue weighted by atomic mass is 16.5. The number of hydrogen-bond acceptors (Lipinski definition) is 2. The molecule has 2 aliphatic rings. The van der Waals surface area contributed by atoms with Crippen molar-refractivity contribution in [3.63, 3.8) is 0 Å². The Balaban J connectivity index is 0.000000152. The molecule has 0 N–H and O–H groups in total. The molecule has 2 aliphatic carbocycles. The number of para-hydroxylation sites is 1. The van der Waals surface area contributed by atoms with Crippen molar-refractivity contribution in [2.24, 2.45) is 7.05 Å². The largest absolute Gasteiger partial charge is 0.466 e. The molecule has 2 heterocycles. The van der Waals surface area contributed by atoms with Gasteiger partial charge in [0.25, 0.3) is 0 Å². The van der Waals surface area contributed by atoms with Crippen LogP contribution in [0.5, 0.6) is 0 Å². The number of ether oxygens (including phenoxy) is 1. The van der Waals surface area contributed by atoms with Crippen molar-refractivity contribution >= 4 is 16.5 Å². The zero-order valence-electron chi connectivity index (χ0n) is 21.2. The van der Waals surface area contributed by atoms with E-state index >= 15 is 0 Å². The second-order valence-corrected chi connectivity index (χ2v) is 8.77. The van der Waals surface area contributed by atoms with Crippen LogP contribution in [0.1, 0.15) is 55.8 Å². The Morgan fingerprint density at radius 1 is 0.971 bits per heavy atom. The lowest BCUT2D eigenvalue weighted by Crippen LogP contribution is -1.94. The van der Waals surface area contributed by atoms with Crippen LogP contribution in [0.25, 0.3) is 27.6 Å². The maximum absolute atomic E-state index is 5.59. The minimum Gasteiger partial charge on any atom is -0.466 e. The minimum absolute atomic E-state index is 0.730. The summed E-state index contributed by atoms with van der Waals surface area (Å²) in [6, 6.07) is 19.6. The van der Waals surface area contributed by atoms with Crippen LogP contribution in [0.3, 0.4) is 0 Å². The summed E-state index contributed by atoms with van der Waals surface area (Å²) in [4.78, 5) is 4.42. The molecule has 0 saturated carbocycles. The van der Waals surface area contributed by atoms with E-state index in [1.54, 1.807) is 0 Å². The summed E-state index contributed by atoms with van der Waals surface area (Å²) in [5.41, 5.74) is 11.8. The first-order valence-electron chi connectivity index (χ1n) is 12.1. The third-order valence-corrected chi connectivity index (χ3v) is 6.43. The van der Waals surface area contributed by atoms with E-state index in [0.717, 1.165) is 30.1 Å². The molecule has 34 heavy (non-hydrogen) atoms. The van der Waals surface area contributed by atoms with Crippen LogP contribution in [0.4, 0.5) is 0 Å². The lowest BCUT2D eigenvalue weighted by atomic mass is 10.0. The standard InChI is InChI=1S/C16H13N.C13H15NO.C2H6/c1-17-14-9-5-4-8-13(14)16-12-7-3-2-6-11(12)10-15(16)17;1-8(2)15-13-6-12-11(10(13)4)5-9(3)7-14-12;1-2/h2-9H,10H2,1H3;5,7H,1,6H2,2-4H3;1-2H3. The highest BCUT2D eigenvalue weighted by Gasteiger charge is 2.24. The molecular formula is C31H34N2O. The van der Waals surface area contributed by atoms with Gasteiger partial charge in [-0.2, -0.15) is 0 Å². The second kappa shape index (κ2) is 9.72. The van der Waals surface area contributed by atoms with Gasteiger partial charge in [-0.3, -0.25) is 4.98 Å². The number of fused-ring (bicyclic) bond motifs is 6. The van der Waals surface area contributed by atoms with Crippen molar-refractivity contribution in [2.75, 3.05) is 0 Å². The molecule has 0 aliphatic heterocycles. The summed E-state index contributed by atoms with van der Waals surface area (Å²) in [6.45, 7) is 13.7. The van der Waals surface area contributed by atoms with E-state index in [-0.39, 0.29) is 0 Å². The number of pyridine rings is 1. The van der Waals surface area contributed by atoms with Gasteiger partial charge in [-0.25, -0.2) is 0 Å². The molecule has 2 aromatic carbocycles. The van der Waals surface area contributed by atoms with Crippen molar-refractivity contribution in [3.8, 4) is 11.1 Å². The van der Waals surface area contributed by atoms with Crippen molar-refractivity contribution in [3.05, 3.63) is 107 Å². The molecule has 6 rings (SSSR count). The van der Waals surface area contributed by atoms with Crippen LogP contribution >= 0.6 is 0 Å². The molecule has 0 radical (unpaired) electrons. The number of benzene rings is 2. The van der Waals surface area contributed by atoms with Gasteiger partial charge in [0.05, 0.1) is 11.5 Å². The molecule has 3 nitrogen and oxygen atoms in total. The molecule has 0 spiro atoms. The van der Waals surface area contributed by atoms with Crippen molar-refractivity contribution in [2.45, 2.75) is 47.5 Å². The van der Waals surface area contributed by atoms with E-state index in [2.05, 4.69) is 91.6 Å². The zero-order valence-corrected chi connectivity index (χ0v) is 21.2. The van der Waals surface area contributed by atoms with Crippen molar-refractivity contribution in [1.29, 1.82) is 0 Å². The van der Waals surface area contributed by atoms with Crippen molar-refractivity contribution < 1.29 is 4.74 Å². The quantitative estimate of drug-likeness (QED) is 0.255. The topological polar surface area (TPSA) is 27.1 Å². The third-order valence-electron chi connectivity index (χ3n) is 6.43. The first-order valence-corrected chi connectivity index (χ1v) is 12.1. The predicted molar refractivity (Wildman–Crippen MR) is 144 cm³/mol. The van der Waals surface area contributed by atoms with Gasteiger partial charge in [0.15, 0.2) is 0 Å². The van der Waals surface area contributed by atoms with Gasteiger partial charge in [0.2, 0.25) is 0 Å². The Morgan fingerprint density at radius 2 is 1.68 bits per heavy atom. The fourth-order valence-electron chi connectivity index (χ4n) is 4.87. The van der Waals surface area contributed by atoms with E-state index in [4.69, 9.17) is 4.74 Å². The molecule has 0 amide bonds. The maximum Gasteiger partial charge on any atom is 0.113 e. The predicted octanol–water partition coefficient (Wildman–Crippen LogP) is 8.00. The SMILES string of the molecule is C=C(C)OC1=C(C)c2cc(C)cnc2C1.CC.Cn1c2c(c3ccccc31)-c1ccccc1C2. The Kier molecular flexibility index (Phi) is 6.74. The summed E-state index contributed by atoms with van der Waals surface area (Å²) in [5, 5.41) is 1.38. The maximum atomic E-state index is 5.59. The molecule has 0 fully saturated rings. The Bertz CT molecular complexity index is 1400. The number of aryl methyl sites for hydroxylation is 2. The van der Waals surface area contributed by atoms with E-state index in [9.17, 15) is 0 Å². The molecule has 0 unspecified atom stereocenters. The summed E-state index contributed by atoms with van der Waals surface area (Å²) in [6.07, 6.45) is 3.75. The molecule has 2 aromatic heterocycles. The smallest absolute Gasteiger partial charge is 0.113 e. The van der Waals surface area contributed by atoms with Crippen molar-refractivity contribution in [1.82, 2.24) is 9.55 Å². The van der Waals surface area contributed by atoms with Gasteiger partial charge in [0, 0.05) is 53.8 Å². The van der Waals surface area contributed by atoms with Crippen LogP contribution in [0.15, 0.2) is 78.9 Å². The number of nitrogens with zero attached hydrogens (tertiary/aromatic N) is 2. The Labute approximate surface area is 203 Å².